The van der Waals surface area contributed by atoms with E-state index in [4.69, 9.17) is 4.74 Å². The minimum absolute atomic E-state index is 0.0865. The topological polar surface area (TPSA) is 95.9 Å². The van der Waals surface area contributed by atoms with Gasteiger partial charge in [-0.3, -0.25) is 9.59 Å². The number of rotatable bonds is 42. The molecule has 1 amide bonds. The molecule has 0 aromatic heterocycles. The van der Waals surface area contributed by atoms with E-state index in [1.807, 2.05) is 0 Å². The lowest BCUT2D eigenvalue weighted by atomic mass is 10.0. The van der Waals surface area contributed by atoms with Crippen molar-refractivity contribution in [3.8, 4) is 0 Å². The van der Waals surface area contributed by atoms with Gasteiger partial charge in [-0.15, -0.1) is 0 Å². The predicted molar refractivity (Wildman–Crippen MR) is 223 cm³/mol. The second kappa shape index (κ2) is 41.0. The van der Waals surface area contributed by atoms with E-state index in [9.17, 15) is 19.8 Å². The standard InChI is InChI=1S/C46H91NO5/c1-4-7-10-13-16-19-21-22-24-27-29-32-35-38-44(49)43(41-48)47-45(50)40-42(37-34-31-28-26-23-20-17-14-11-8-5-2)52-46(51)39-36-33-30-25-18-15-12-9-6-3/h42-44,48-49H,4-41H2,1-3H3,(H,47,50). The van der Waals surface area contributed by atoms with Crippen LogP contribution in [0.1, 0.15) is 258 Å². The van der Waals surface area contributed by atoms with Crippen molar-refractivity contribution >= 4 is 11.9 Å². The number of aliphatic hydroxyl groups is 2. The maximum atomic E-state index is 13.1. The van der Waals surface area contributed by atoms with Crippen LogP contribution in [-0.2, 0) is 14.3 Å². The van der Waals surface area contributed by atoms with Crippen LogP contribution < -0.4 is 5.32 Å². The van der Waals surface area contributed by atoms with Crippen LogP contribution in [0, 0.1) is 0 Å². The Bertz CT molecular complexity index is 746. The lowest BCUT2D eigenvalue weighted by Gasteiger charge is -2.24. The van der Waals surface area contributed by atoms with E-state index in [0.29, 0.717) is 19.3 Å². The zero-order valence-corrected chi connectivity index (χ0v) is 35.2. The van der Waals surface area contributed by atoms with E-state index < -0.39 is 18.2 Å². The van der Waals surface area contributed by atoms with Gasteiger partial charge in [0.25, 0.3) is 0 Å². The summed E-state index contributed by atoms with van der Waals surface area (Å²) in [5.41, 5.74) is 0. The van der Waals surface area contributed by atoms with Crippen molar-refractivity contribution in [2.75, 3.05) is 6.61 Å². The average Bonchev–Trinajstić information content (AvgIpc) is 3.13. The molecule has 0 aliphatic carbocycles. The van der Waals surface area contributed by atoms with Crippen molar-refractivity contribution < 1.29 is 24.5 Å². The van der Waals surface area contributed by atoms with Crippen LogP contribution in [-0.4, -0.2) is 46.9 Å². The first-order chi connectivity index (χ1) is 25.5. The molecule has 0 saturated carbocycles. The summed E-state index contributed by atoms with van der Waals surface area (Å²) in [6.07, 6.45) is 41.6. The molecule has 0 aliphatic rings. The smallest absolute Gasteiger partial charge is 0.306 e. The maximum Gasteiger partial charge on any atom is 0.306 e. The molecule has 0 saturated heterocycles. The van der Waals surface area contributed by atoms with Gasteiger partial charge in [-0.05, 0) is 25.7 Å². The largest absolute Gasteiger partial charge is 0.462 e. The van der Waals surface area contributed by atoms with Crippen molar-refractivity contribution in [2.45, 2.75) is 277 Å². The minimum atomic E-state index is -0.777. The highest BCUT2D eigenvalue weighted by atomic mass is 16.5. The van der Waals surface area contributed by atoms with Gasteiger partial charge in [0.05, 0.1) is 25.2 Å². The highest BCUT2D eigenvalue weighted by Gasteiger charge is 2.24. The van der Waals surface area contributed by atoms with Gasteiger partial charge in [0, 0.05) is 6.42 Å². The predicted octanol–water partition coefficient (Wildman–Crippen LogP) is 13.2. The van der Waals surface area contributed by atoms with E-state index in [1.54, 1.807) is 0 Å². The first-order valence-electron chi connectivity index (χ1n) is 23.3. The van der Waals surface area contributed by atoms with Crippen LogP contribution in [0.4, 0.5) is 0 Å². The summed E-state index contributed by atoms with van der Waals surface area (Å²) in [7, 11) is 0. The van der Waals surface area contributed by atoms with Crippen molar-refractivity contribution in [2.24, 2.45) is 0 Å². The first kappa shape index (κ1) is 50.9. The Labute approximate surface area is 324 Å². The van der Waals surface area contributed by atoms with Gasteiger partial charge in [0.15, 0.2) is 0 Å². The summed E-state index contributed by atoms with van der Waals surface area (Å²) < 4.78 is 5.89. The van der Waals surface area contributed by atoms with Crippen LogP contribution in [0.15, 0.2) is 0 Å². The quantitative estimate of drug-likeness (QED) is 0.0428. The molecule has 3 N–H and O–H groups in total. The van der Waals surface area contributed by atoms with Crippen LogP contribution in [0.5, 0.6) is 0 Å². The summed E-state index contributed by atoms with van der Waals surface area (Å²) in [6, 6.07) is -0.690. The third-order valence-electron chi connectivity index (χ3n) is 10.9. The molecule has 0 bridgehead atoms. The number of unbranched alkanes of at least 4 members (excludes halogenated alkanes) is 30. The normalized spacial score (nSPS) is 13.2. The Morgan fingerprint density at radius 2 is 0.808 bits per heavy atom. The van der Waals surface area contributed by atoms with Crippen LogP contribution >= 0.6 is 0 Å². The lowest BCUT2D eigenvalue weighted by Crippen LogP contribution is -2.46. The molecule has 6 heteroatoms. The molecule has 0 fully saturated rings. The van der Waals surface area contributed by atoms with E-state index in [2.05, 4.69) is 26.1 Å². The van der Waals surface area contributed by atoms with E-state index >= 15 is 0 Å². The summed E-state index contributed by atoms with van der Waals surface area (Å²) in [5.74, 6) is -0.461. The summed E-state index contributed by atoms with van der Waals surface area (Å²) >= 11 is 0. The lowest BCUT2D eigenvalue weighted by molar-refractivity contribution is -0.151. The monoisotopic (exact) mass is 738 g/mol. The van der Waals surface area contributed by atoms with Crippen LogP contribution in [0.2, 0.25) is 0 Å². The number of ether oxygens (including phenoxy) is 1. The molecule has 0 aromatic rings. The summed E-state index contributed by atoms with van der Waals surface area (Å²) in [4.78, 5) is 25.9. The van der Waals surface area contributed by atoms with Crippen molar-refractivity contribution in [1.29, 1.82) is 0 Å². The highest BCUT2D eigenvalue weighted by molar-refractivity contribution is 5.77. The minimum Gasteiger partial charge on any atom is -0.462 e. The van der Waals surface area contributed by atoms with Gasteiger partial charge < -0.3 is 20.3 Å². The van der Waals surface area contributed by atoms with Crippen molar-refractivity contribution in [1.82, 2.24) is 5.32 Å². The number of hydrogen-bond acceptors (Lipinski definition) is 5. The molecule has 3 atom stereocenters. The summed E-state index contributed by atoms with van der Waals surface area (Å²) in [6.45, 7) is 6.47. The molecule has 0 rings (SSSR count). The van der Waals surface area contributed by atoms with Gasteiger partial charge in [0.1, 0.15) is 6.10 Å². The fourth-order valence-electron chi connectivity index (χ4n) is 7.37. The molecular formula is C46H91NO5. The Morgan fingerprint density at radius 3 is 1.17 bits per heavy atom. The zero-order valence-electron chi connectivity index (χ0n) is 35.2. The number of aliphatic hydroxyl groups excluding tert-OH is 2. The summed E-state index contributed by atoms with van der Waals surface area (Å²) in [5, 5.41) is 23.6. The average molecular weight is 738 g/mol. The van der Waals surface area contributed by atoms with Gasteiger partial charge >= 0.3 is 5.97 Å². The first-order valence-corrected chi connectivity index (χ1v) is 23.3. The third kappa shape index (κ3) is 35.9. The number of nitrogens with one attached hydrogen (secondary N) is 1. The third-order valence-corrected chi connectivity index (χ3v) is 10.9. The molecular weight excluding hydrogens is 647 g/mol. The number of esters is 1. The molecule has 52 heavy (non-hydrogen) atoms. The number of hydrogen-bond donors (Lipinski definition) is 3. The second-order valence-electron chi connectivity index (χ2n) is 16.2. The molecule has 0 spiro atoms. The molecule has 310 valence electrons. The number of carbonyl (C=O) groups excluding carboxylic acids is 2. The van der Waals surface area contributed by atoms with Crippen molar-refractivity contribution in [3.63, 3.8) is 0 Å². The SMILES string of the molecule is CCCCCCCCCCCCCCCC(O)C(CO)NC(=O)CC(CCCCCCCCCCCCC)OC(=O)CCCCCCCCCCC. The van der Waals surface area contributed by atoms with Gasteiger partial charge in [-0.25, -0.2) is 0 Å². The van der Waals surface area contributed by atoms with Gasteiger partial charge in [0.2, 0.25) is 5.91 Å². The fraction of sp³-hybridized carbons (Fsp3) is 0.957. The zero-order chi connectivity index (χ0) is 38.2. The van der Waals surface area contributed by atoms with E-state index in [-0.39, 0.29) is 24.9 Å². The number of carbonyl (C=O) groups is 2. The molecule has 3 unspecified atom stereocenters. The Kier molecular flexibility index (Phi) is 40.1. The Morgan fingerprint density at radius 1 is 0.481 bits per heavy atom. The maximum absolute atomic E-state index is 13.1. The molecule has 0 aromatic carbocycles. The van der Waals surface area contributed by atoms with Crippen molar-refractivity contribution in [3.05, 3.63) is 0 Å². The Balaban J connectivity index is 4.49. The van der Waals surface area contributed by atoms with Gasteiger partial charge in [-0.1, -0.05) is 220 Å². The molecule has 0 aliphatic heterocycles. The molecule has 0 radical (unpaired) electrons. The fourth-order valence-corrected chi connectivity index (χ4v) is 7.37. The van der Waals surface area contributed by atoms with Gasteiger partial charge in [-0.2, -0.15) is 0 Å². The van der Waals surface area contributed by atoms with E-state index in [1.165, 1.54) is 167 Å². The number of amides is 1. The highest BCUT2D eigenvalue weighted by Crippen LogP contribution is 2.18. The molecule has 0 heterocycles. The van der Waals surface area contributed by atoms with Crippen LogP contribution in [0.3, 0.4) is 0 Å². The molecule has 6 nitrogen and oxygen atoms in total. The Hall–Kier alpha value is -1.14. The van der Waals surface area contributed by atoms with E-state index in [0.717, 1.165) is 44.9 Å². The van der Waals surface area contributed by atoms with Crippen LogP contribution in [0.25, 0.3) is 0 Å². The second-order valence-corrected chi connectivity index (χ2v) is 16.2.